The van der Waals surface area contributed by atoms with Crippen LogP contribution in [0.5, 0.6) is 11.5 Å². The minimum absolute atomic E-state index is 0.0255. The number of amides is 1. The molecule has 192 valence electrons. The first kappa shape index (κ1) is 25.1. The molecule has 3 aromatic rings. The number of rotatable bonds is 7. The quantitative estimate of drug-likeness (QED) is 0.451. The molecule has 3 heterocycles. The number of aromatic nitrogens is 1. The number of nitrogens with zero attached hydrogens (tertiary/aromatic N) is 2. The van der Waals surface area contributed by atoms with Crippen molar-refractivity contribution in [1.29, 1.82) is 0 Å². The maximum Gasteiger partial charge on any atom is 0.268 e. The van der Waals surface area contributed by atoms with E-state index >= 15 is 0 Å². The first-order chi connectivity index (χ1) is 17.5. The van der Waals surface area contributed by atoms with Crippen molar-refractivity contribution in [1.82, 2.24) is 20.1 Å². The van der Waals surface area contributed by atoms with Crippen molar-refractivity contribution >= 4 is 32.7 Å². The number of aryl methyl sites for hydroxylation is 1. The van der Waals surface area contributed by atoms with Crippen molar-refractivity contribution < 1.29 is 14.3 Å². The molecule has 5 rings (SSSR count). The summed E-state index contributed by atoms with van der Waals surface area (Å²) in [5.74, 6) is 1.69. The zero-order valence-electron chi connectivity index (χ0n) is 21.1. The molecule has 0 aliphatic carbocycles. The average molecular weight is 556 g/mol. The van der Waals surface area contributed by atoms with Crippen molar-refractivity contribution in [3.8, 4) is 11.5 Å². The van der Waals surface area contributed by atoms with Crippen LogP contribution in [0.3, 0.4) is 0 Å². The van der Waals surface area contributed by atoms with Crippen LogP contribution in [0.15, 0.2) is 46.9 Å². The third-order valence-electron chi connectivity index (χ3n) is 7.40. The highest BCUT2D eigenvalue weighted by Gasteiger charge is 2.24. The molecule has 8 heteroatoms. The summed E-state index contributed by atoms with van der Waals surface area (Å²) in [7, 11) is 3.59. The summed E-state index contributed by atoms with van der Waals surface area (Å²) in [5, 5.41) is 7.59. The summed E-state index contributed by atoms with van der Waals surface area (Å²) in [4.78, 5) is 15.5. The third kappa shape index (κ3) is 5.56. The van der Waals surface area contributed by atoms with Gasteiger partial charge < -0.3 is 24.7 Å². The Morgan fingerprint density at radius 1 is 1.08 bits per heavy atom. The fraction of sp³-hybridized carbons (Fsp3) is 0.464. The third-order valence-corrected chi connectivity index (χ3v) is 8.02. The number of fused-ring (bicyclic) bond motifs is 1. The average Bonchev–Trinajstić information content (AvgIpc) is 3.24. The number of halogens is 1. The van der Waals surface area contributed by atoms with Gasteiger partial charge in [0.15, 0.2) is 0 Å². The lowest BCUT2D eigenvalue weighted by Gasteiger charge is -2.32. The summed E-state index contributed by atoms with van der Waals surface area (Å²) in [6, 6.07) is 14.4. The van der Waals surface area contributed by atoms with Crippen LogP contribution < -0.4 is 20.1 Å². The van der Waals surface area contributed by atoms with Gasteiger partial charge in [0.1, 0.15) is 23.3 Å². The number of piperidine rings is 2. The van der Waals surface area contributed by atoms with Crippen LogP contribution >= 0.6 is 15.9 Å². The maximum absolute atomic E-state index is 13.1. The molecule has 0 atom stereocenters. The van der Waals surface area contributed by atoms with E-state index in [1.165, 1.54) is 5.56 Å². The van der Waals surface area contributed by atoms with Crippen LogP contribution in [0.25, 0.3) is 10.9 Å². The molecule has 0 saturated carbocycles. The Morgan fingerprint density at radius 3 is 2.58 bits per heavy atom. The standard InChI is InChI=1S/C28H35BrN4O3/c1-32-24-4-3-5-26(35-2)22(24)17-25(32)28(34)31-20-10-14-33(15-11-20)18-19-6-7-27(23(29)16-19)36-21-8-12-30-13-9-21/h3-7,16-17,20-21,30H,8-15,18H2,1-2H3,(H,31,34). The topological polar surface area (TPSA) is 67.8 Å². The molecule has 1 amide bonds. The summed E-state index contributed by atoms with van der Waals surface area (Å²) in [6.07, 6.45) is 4.27. The predicted molar refractivity (Wildman–Crippen MR) is 146 cm³/mol. The Bertz CT molecular complexity index is 1210. The fourth-order valence-electron chi connectivity index (χ4n) is 5.31. The SMILES string of the molecule is COc1cccc2c1cc(C(=O)NC1CCN(Cc3ccc(OC4CCNCC4)c(Br)c3)CC1)n2C. The van der Waals surface area contributed by atoms with Crippen molar-refractivity contribution in [2.75, 3.05) is 33.3 Å². The molecule has 2 N–H and O–H groups in total. The van der Waals surface area contributed by atoms with Gasteiger partial charge in [0.2, 0.25) is 0 Å². The maximum atomic E-state index is 13.1. The van der Waals surface area contributed by atoms with Crippen LogP contribution in [-0.4, -0.2) is 60.8 Å². The fourth-order valence-corrected chi connectivity index (χ4v) is 5.83. The Labute approximate surface area is 221 Å². The van der Waals surface area contributed by atoms with Gasteiger partial charge in [-0.25, -0.2) is 0 Å². The zero-order valence-corrected chi connectivity index (χ0v) is 22.6. The monoisotopic (exact) mass is 554 g/mol. The number of ether oxygens (including phenoxy) is 2. The Hall–Kier alpha value is -2.55. The van der Waals surface area contributed by atoms with Crippen LogP contribution in [0.1, 0.15) is 41.7 Å². The summed E-state index contributed by atoms with van der Waals surface area (Å²) >= 11 is 3.71. The van der Waals surface area contributed by atoms with Gasteiger partial charge >= 0.3 is 0 Å². The Kier molecular flexibility index (Phi) is 7.84. The molecular weight excluding hydrogens is 520 g/mol. The molecule has 0 unspecified atom stereocenters. The van der Waals surface area contributed by atoms with Crippen LogP contribution in [0, 0.1) is 0 Å². The second-order valence-corrected chi connectivity index (χ2v) is 10.7. The van der Waals surface area contributed by atoms with E-state index < -0.39 is 0 Å². The lowest BCUT2D eigenvalue weighted by atomic mass is 10.0. The van der Waals surface area contributed by atoms with E-state index in [0.717, 1.165) is 85.3 Å². The Balaban J connectivity index is 1.14. The molecule has 0 spiro atoms. The van der Waals surface area contributed by atoms with Gasteiger partial charge in [-0.15, -0.1) is 0 Å². The Morgan fingerprint density at radius 2 is 1.86 bits per heavy atom. The van der Waals surface area contributed by atoms with Crippen LogP contribution in [0.2, 0.25) is 0 Å². The largest absolute Gasteiger partial charge is 0.496 e. The molecular formula is C28H35BrN4O3. The minimum Gasteiger partial charge on any atom is -0.496 e. The van der Waals surface area contributed by atoms with Crippen molar-refractivity contribution in [2.45, 2.75) is 44.4 Å². The second kappa shape index (κ2) is 11.2. The van der Waals surface area contributed by atoms with Crippen LogP contribution in [-0.2, 0) is 13.6 Å². The number of nitrogens with one attached hydrogen (secondary N) is 2. The van der Waals surface area contributed by atoms with Gasteiger partial charge in [0.05, 0.1) is 17.1 Å². The molecule has 0 bridgehead atoms. The molecule has 36 heavy (non-hydrogen) atoms. The van der Waals surface area contributed by atoms with Crippen molar-refractivity contribution in [2.24, 2.45) is 7.05 Å². The predicted octanol–water partition coefficient (Wildman–Crippen LogP) is 4.47. The molecule has 0 radical (unpaired) electrons. The molecule has 2 saturated heterocycles. The normalized spacial score (nSPS) is 17.9. The van der Waals surface area contributed by atoms with E-state index in [1.807, 2.05) is 35.9 Å². The van der Waals surface area contributed by atoms with E-state index in [0.29, 0.717) is 11.8 Å². The number of likely N-dealkylation sites (tertiary alicyclic amines) is 1. The second-order valence-electron chi connectivity index (χ2n) is 9.84. The van der Waals surface area contributed by atoms with Gasteiger partial charge in [0, 0.05) is 38.1 Å². The van der Waals surface area contributed by atoms with Gasteiger partial charge in [-0.2, -0.15) is 0 Å². The van der Waals surface area contributed by atoms with Gasteiger partial charge in [-0.3, -0.25) is 9.69 Å². The van der Waals surface area contributed by atoms with Crippen LogP contribution in [0.4, 0.5) is 0 Å². The number of methoxy groups -OCH3 is 1. The molecule has 2 aromatic carbocycles. The van der Waals surface area contributed by atoms with Crippen molar-refractivity contribution in [3.05, 3.63) is 58.2 Å². The number of hydrogen-bond acceptors (Lipinski definition) is 5. The highest BCUT2D eigenvalue weighted by Crippen LogP contribution is 2.30. The van der Waals surface area contributed by atoms with Crippen molar-refractivity contribution in [3.63, 3.8) is 0 Å². The van der Waals surface area contributed by atoms with Gasteiger partial charge in [-0.05, 0) is 90.6 Å². The van der Waals surface area contributed by atoms with E-state index in [1.54, 1.807) is 7.11 Å². The highest BCUT2D eigenvalue weighted by molar-refractivity contribution is 9.10. The molecule has 2 fully saturated rings. The first-order valence-corrected chi connectivity index (χ1v) is 13.6. The van der Waals surface area contributed by atoms with E-state index in [4.69, 9.17) is 9.47 Å². The van der Waals surface area contributed by atoms with Gasteiger partial charge in [-0.1, -0.05) is 12.1 Å². The number of carbonyl (C=O) groups excluding carboxylic acids is 1. The molecule has 7 nitrogen and oxygen atoms in total. The first-order valence-electron chi connectivity index (χ1n) is 12.8. The van der Waals surface area contributed by atoms with Gasteiger partial charge in [0.25, 0.3) is 5.91 Å². The smallest absolute Gasteiger partial charge is 0.268 e. The lowest BCUT2D eigenvalue weighted by Crippen LogP contribution is -2.44. The van der Waals surface area contributed by atoms with E-state index in [9.17, 15) is 4.79 Å². The van der Waals surface area contributed by atoms with E-state index in [2.05, 4.69) is 49.7 Å². The lowest BCUT2D eigenvalue weighted by molar-refractivity contribution is 0.0901. The zero-order chi connectivity index (χ0) is 25.1. The van der Waals surface area contributed by atoms with E-state index in [-0.39, 0.29) is 11.9 Å². The molecule has 1 aromatic heterocycles. The highest BCUT2D eigenvalue weighted by atomic mass is 79.9. The summed E-state index contributed by atoms with van der Waals surface area (Å²) in [5.41, 5.74) is 2.92. The number of benzene rings is 2. The minimum atomic E-state index is -0.0255. The summed E-state index contributed by atoms with van der Waals surface area (Å²) in [6.45, 7) is 4.86. The summed E-state index contributed by atoms with van der Waals surface area (Å²) < 4.78 is 14.6. The molecule has 2 aliphatic heterocycles. The number of hydrogen-bond donors (Lipinski definition) is 2. The molecule has 2 aliphatic rings. The number of carbonyl (C=O) groups is 1.